The van der Waals surface area contributed by atoms with Gasteiger partial charge in [-0.25, -0.2) is 4.79 Å². The summed E-state index contributed by atoms with van der Waals surface area (Å²) in [4.78, 5) is 26.2. The fraction of sp³-hybridized carbons (Fsp3) is 0.800. The quantitative estimate of drug-likeness (QED) is 0.200. The molecule has 4 saturated carbocycles. The first-order chi connectivity index (χ1) is 21.0. The molecule has 5 heteroatoms. The average molecular weight is 637 g/mol. The van der Waals surface area contributed by atoms with Gasteiger partial charge < -0.3 is 9.16 Å². The molecule has 1 aromatic rings. The van der Waals surface area contributed by atoms with E-state index in [0.717, 1.165) is 25.7 Å². The van der Waals surface area contributed by atoms with E-state index in [9.17, 15) is 9.59 Å². The zero-order valence-electron chi connectivity index (χ0n) is 30.3. The van der Waals surface area contributed by atoms with Crippen LogP contribution in [0.3, 0.4) is 0 Å². The summed E-state index contributed by atoms with van der Waals surface area (Å²) in [5, 5.41) is 0.221. The fourth-order valence-corrected chi connectivity index (χ4v) is 12.1. The number of esters is 1. The Morgan fingerprint density at radius 2 is 1.62 bits per heavy atom. The molecule has 0 amide bonds. The number of hydrogen-bond donors (Lipinski definition) is 0. The molecule has 0 radical (unpaired) electrons. The largest absolute Gasteiger partial charge is 0.458 e. The average Bonchev–Trinajstić information content (AvgIpc) is 3.32. The summed E-state index contributed by atoms with van der Waals surface area (Å²) < 4.78 is 13.5. The number of carbonyl (C=O) groups is 2. The van der Waals surface area contributed by atoms with Gasteiger partial charge in [0.15, 0.2) is 8.32 Å². The number of rotatable bonds is 9. The van der Waals surface area contributed by atoms with Crippen molar-refractivity contribution in [3.8, 4) is 0 Å². The van der Waals surface area contributed by atoms with E-state index < -0.39 is 8.32 Å². The Morgan fingerprint density at radius 3 is 2.27 bits per heavy atom. The van der Waals surface area contributed by atoms with Crippen molar-refractivity contribution >= 4 is 20.1 Å². The van der Waals surface area contributed by atoms with Crippen LogP contribution in [0.15, 0.2) is 30.3 Å². The van der Waals surface area contributed by atoms with Crippen LogP contribution in [0.1, 0.15) is 130 Å². The van der Waals surface area contributed by atoms with Crippen LogP contribution in [0.5, 0.6) is 0 Å². The highest BCUT2D eigenvalue weighted by Crippen LogP contribution is 2.68. The maximum absolute atomic E-state index is 13.5. The van der Waals surface area contributed by atoms with E-state index in [4.69, 9.17) is 9.16 Å². The number of carbonyl (C=O) groups excluding carboxylic acids is 2. The molecule has 4 fully saturated rings. The first-order valence-corrected chi connectivity index (χ1v) is 21.3. The summed E-state index contributed by atoms with van der Waals surface area (Å²) in [6.07, 6.45) is 10.8. The molecule has 1 aromatic carbocycles. The van der Waals surface area contributed by atoms with Gasteiger partial charge in [-0.3, -0.25) is 4.79 Å². The summed E-state index contributed by atoms with van der Waals surface area (Å²) in [5.74, 6) is 3.85. The lowest BCUT2D eigenvalue weighted by molar-refractivity contribution is -0.170. The van der Waals surface area contributed by atoms with Gasteiger partial charge in [0.25, 0.3) is 0 Å². The Bertz CT molecular complexity index is 1200. The minimum atomic E-state index is -1.83. The maximum Gasteiger partial charge on any atom is 0.338 e. The molecule has 252 valence electrons. The van der Waals surface area contributed by atoms with Crippen molar-refractivity contribution in [1.29, 1.82) is 0 Å². The smallest absolute Gasteiger partial charge is 0.338 e. The SMILES string of the molecule is CC(C)C(CC[C@H](C)[C@H]1CCC2C3C(CC[C@@]21C)[C@@]1(C)CCC(=O)CC1C[C@@H]3OC(=O)c1ccccc1)O[Si](C)(C)C(C)(C)C. The van der Waals surface area contributed by atoms with Crippen molar-refractivity contribution in [2.75, 3.05) is 0 Å². The third-order valence-electron chi connectivity index (χ3n) is 14.4. The Balaban J connectivity index is 1.36. The Hall–Kier alpha value is -1.46. The number of ether oxygens (including phenoxy) is 1. The number of benzene rings is 1. The summed E-state index contributed by atoms with van der Waals surface area (Å²) in [5.41, 5.74) is 1.07. The van der Waals surface area contributed by atoms with Crippen LogP contribution in [0, 0.1) is 52.3 Å². The molecule has 45 heavy (non-hydrogen) atoms. The minimum Gasteiger partial charge on any atom is -0.458 e. The molecule has 0 heterocycles. The Morgan fingerprint density at radius 1 is 0.956 bits per heavy atom. The number of hydrogen-bond acceptors (Lipinski definition) is 4. The highest BCUT2D eigenvalue weighted by molar-refractivity contribution is 6.74. The van der Waals surface area contributed by atoms with Crippen molar-refractivity contribution in [3.63, 3.8) is 0 Å². The molecular formula is C40H64O4Si. The summed E-state index contributed by atoms with van der Waals surface area (Å²) in [6.45, 7) is 24.1. The standard InChI is InChI=1S/C40H64O4Si/c1-26(2)34(44-45(9,10)38(4,5)6)19-16-27(3)31-17-18-32-36-33(21-23-40(31,32)8)39(7)22-20-30(41)24-29(39)25-35(36)43-37(42)28-14-12-11-13-15-28/h11-15,26-27,29,31-36H,16-25H2,1-10H3/t27-,29?,31+,32?,33?,34?,35-,36?,39-,40+/m0/s1. The first-order valence-electron chi connectivity index (χ1n) is 18.4. The first kappa shape index (κ1) is 34.9. The maximum atomic E-state index is 13.5. The van der Waals surface area contributed by atoms with Crippen molar-refractivity contribution in [2.24, 2.45) is 52.3 Å². The van der Waals surface area contributed by atoms with Gasteiger partial charge in [-0.15, -0.1) is 0 Å². The van der Waals surface area contributed by atoms with Crippen molar-refractivity contribution in [3.05, 3.63) is 35.9 Å². The molecule has 4 aliphatic rings. The van der Waals surface area contributed by atoms with Gasteiger partial charge in [0.2, 0.25) is 0 Å². The van der Waals surface area contributed by atoms with Crippen LogP contribution >= 0.6 is 0 Å². The highest BCUT2D eigenvalue weighted by Gasteiger charge is 2.64. The van der Waals surface area contributed by atoms with E-state index in [2.05, 4.69) is 68.5 Å². The fourth-order valence-electron chi connectivity index (χ4n) is 10.6. The third kappa shape index (κ3) is 6.65. The molecule has 0 aliphatic heterocycles. The number of ketones is 1. The van der Waals surface area contributed by atoms with Gasteiger partial charge in [-0.05, 0) is 128 Å². The zero-order chi connectivity index (χ0) is 32.9. The second-order valence-corrected chi connectivity index (χ2v) is 23.0. The normalized spacial score (nSPS) is 36.6. The van der Waals surface area contributed by atoms with Gasteiger partial charge in [-0.2, -0.15) is 0 Å². The Labute approximate surface area is 276 Å². The molecule has 5 rings (SSSR count). The van der Waals surface area contributed by atoms with E-state index in [1.165, 1.54) is 32.1 Å². The molecule has 0 N–H and O–H groups in total. The zero-order valence-corrected chi connectivity index (χ0v) is 31.3. The molecular weight excluding hydrogens is 573 g/mol. The highest BCUT2D eigenvalue weighted by atomic mass is 28.4. The van der Waals surface area contributed by atoms with Crippen LogP contribution in [-0.2, 0) is 14.0 Å². The minimum absolute atomic E-state index is 0.103. The molecule has 5 unspecified atom stereocenters. The van der Waals surface area contributed by atoms with Crippen LogP contribution in [0.25, 0.3) is 0 Å². The number of fused-ring (bicyclic) bond motifs is 5. The van der Waals surface area contributed by atoms with Gasteiger partial charge in [-0.1, -0.05) is 73.6 Å². The van der Waals surface area contributed by atoms with E-state index in [1.54, 1.807) is 0 Å². The van der Waals surface area contributed by atoms with E-state index in [0.29, 0.717) is 65.3 Å². The lowest BCUT2D eigenvalue weighted by Crippen LogP contribution is -2.59. The number of Topliss-reactive ketones (excluding diaryl/α,β-unsaturated/α-hetero) is 1. The van der Waals surface area contributed by atoms with Gasteiger partial charge in [0.1, 0.15) is 11.9 Å². The topological polar surface area (TPSA) is 52.6 Å². The second kappa shape index (κ2) is 12.9. The molecule has 4 nitrogen and oxygen atoms in total. The monoisotopic (exact) mass is 636 g/mol. The summed E-state index contributed by atoms with van der Waals surface area (Å²) in [7, 11) is -1.83. The third-order valence-corrected chi connectivity index (χ3v) is 18.9. The Kier molecular flexibility index (Phi) is 9.96. The van der Waals surface area contributed by atoms with Crippen LogP contribution < -0.4 is 0 Å². The van der Waals surface area contributed by atoms with Gasteiger partial charge >= 0.3 is 5.97 Å². The van der Waals surface area contributed by atoms with Gasteiger partial charge in [0.05, 0.1) is 5.56 Å². The molecule has 0 bridgehead atoms. The lowest BCUT2D eigenvalue weighted by Gasteiger charge is -2.62. The van der Waals surface area contributed by atoms with Crippen LogP contribution in [-0.4, -0.2) is 32.3 Å². The predicted octanol–water partition coefficient (Wildman–Crippen LogP) is 10.5. The lowest BCUT2D eigenvalue weighted by atomic mass is 9.43. The van der Waals surface area contributed by atoms with Crippen molar-refractivity contribution in [2.45, 2.75) is 150 Å². The van der Waals surface area contributed by atoms with Crippen molar-refractivity contribution < 1.29 is 18.8 Å². The van der Waals surface area contributed by atoms with E-state index in [-0.39, 0.29) is 27.9 Å². The van der Waals surface area contributed by atoms with E-state index >= 15 is 0 Å². The summed E-state index contributed by atoms with van der Waals surface area (Å²) in [6, 6.07) is 9.52. The van der Waals surface area contributed by atoms with E-state index in [1.807, 2.05) is 30.3 Å². The molecule has 0 saturated heterocycles. The van der Waals surface area contributed by atoms with Crippen molar-refractivity contribution in [1.82, 2.24) is 0 Å². The van der Waals surface area contributed by atoms with Gasteiger partial charge in [0, 0.05) is 24.9 Å². The second-order valence-electron chi connectivity index (χ2n) is 18.2. The summed E-state index contributed by atoms with van der Waals surface area (Å²) >= 11 is 0. The van der Waals surface area contributed by atoms with Crippen LogP contribution in [0.2, 0.25) is 18.1 Å². The predicted molar refractivity (Wildman–Crippen MR) is 187 cm³/mol. The van der Waals surface area contributed by atoms with Crippen LogP contribution in [0.4, 0.5) is 0 Å². The molecule has 0 spiro atoms. The molecule has 0 aromatic heterocycles. The molecule has 10 atom stereocenters. The molecule has 4 aliphatic carbocycles.